The van der Waals surface area contributed by atoms with Gasteiger partial charge in [-0.15, -0.1) is 0 Å². The Morgan fingerprint density at radius 2 is 1.76 bits per heavy atom. The molecule has 4 rings (SSSR count). The van der Waals surface area contributed by atoms with E-state index in [0.29, 0.717) is 18.4 Å². The molecule has 0 radical (unpaired) electrons. The predicted octanol–water partition coefficient (Wildman–Crippen LogP) is 3.43. The van der Waals surface area contributed by atoms with E-state index >= 15 is 0 Å². The number of hydrogen-bond acceptors (Lipinski definition) is 3. The van der Waals surface area contributed by atoms with Crippen molar-refractivity contribution >= 4 is 11.6 Å². The lowest BCUT2D eigenvalue weighted by Crippen LogP contribution is -2.51. The van der Waals surface area contributed by atoms with Gasteiger partial charge in [0, 0.05) is 50.9 Å². The van der Waals surface area contributed by atoms with E-state index in [-0.39, 0.29) is 11.9 Å². The molecule has 2 fully saturated rings. The number of hydrogen-bond donors (Lipinski definition) is 1. The molecule has 2 N–H and O–H groups in total. The molecule has 2 aromatic rings. The lowest BCUT2D eigenvalue weighted by atomic mass is 9.89. The summed E-state index contributed by atoms with van der Waals surface area (Å²) in [7, 11) is 0. The van der Waals surface area contributed by atoms with Crippen molar-refractivity contribution < 1.29 is 9.13 Å². The van der Waals surface area contributed by atoms with E-state index in [0.717, 1.165) is 51.3 Å². The summed E-state index contributed by atoms with van der Waals surface area (Å²) in [5, 5.41) is 0. The van der Waals surface area contributed by atoms with Crippen molar-refractivity contribution in [1.29, 1.82) is 0 Å². The Morgan fingerprint density at radius 1 is 1.03 bits per heavy atom. The maximum absolute atomic E-state index is 13.1. The van der Waals surface area contributed by atoms with Gasteiger partial charge in [-0.1, -0.05) is 30.3 Å². The third kappa shape index (κ3) is 4.88. The van der Waals surface area contributed by atoms with Crippen molar-refractivity contribution in [3.8, 4) is 0 Å². The third-order valence-electron chi connectivity index (χ3n) is 5.86. The predicted molar refractivity (Wildman–Crippen MR) is 115 cm³/mol. The highest BCUT2D eigenvalue weighted by atomic mass is 19.1. The average molecular weight is 397 g/mol. The van der Waals surface area contributed by atoms with E-state index < -0.39 is 0 Å². The van der Waals surface area contributed by atoms with Crippen molar-refractivity contribution in [2.24, 2.45) is 16.6 Å². The molecule has 0 saturated carbocycles. The van der Waals surface area contributed by atoms with Crippen LogP contribution in [0.2, 0.25) is 0 Å². The number of nitrogens with two attached hydrogens (primary N) is 1. The summed E-state index contributed by atoms with van der Waals surface area (Å²) in [6, 6.07) is 17.1. The monoisotopic (exact) mass is 396 g/mol. The van der Waals surface area contributed by atoms with Gasteiger partial charge in [-0.2, -0.15) is 0 Å². The van der Waals surface area contributed by atoms with Gasteiger partial charge in [0.1, 0.15) is 5.82 Å². The van der Waals surface area contributed by atoms with Crippen LogP contribution >= 0.6 is 0 Å². The van der Waals surface area contributed by atoms with E-state index in [2.05, 4.69) is 34.1 Å². The zero-order chi connectivity index (χ0) is 20.1. The van der Waals surface area contributed by atoms with Gasteiger partial charge in [-0.05, 0) is 42.7 Å². The normalized spacial score (nSPS) is 23.3. The summed E-state index contributed by atoms with van der Waals surface area (Å²) in [6.45, 7) is 4.82. The van der Waals surface area contributed by atoms with Gasteiger partial charge < -0.3 is 20.3 Å². The first-order valence-corrected chi connectivity index (χ1v) is 10.4. The fourth-order valence-electron chi connectivity index (χ4n) is 4.20. The lowest BCUT2D eigenvalue weighted by molar-refractivity contribution is -0.0250. The van der Waals surface area contributed by atoms with Gasteiger partial charge in [0.2, 0.25) is 0 Å². The number of ether oxygens (including phenoxy) is 1. The van der Waals surface area contributed by atoms with Gasteiger partial charge in [-0.25, -0.2) is 4.39 Å². The number of halogens is 1. The van der Waals surface area contributed by atoms with Crippen LogP contribution in [0.15, 0.2) is 59.6 Å². The first-order valence-electron chi connectivity index (χ1n) is 10.4. The SMILES string of the molecule is NC(=NCC1CCCOC1c1ccccc1)N1CCN(c2ccc(F)cc2)CC1. The second-order valence-electron chi connectivity index (χ2n) is 7.75. The topological polar surface area (TPSA) is 54.1 Å². The number of piperazine rings is 1. The largest absolute Gasteiger partial charge is 0.373 e. The third-order valence-corrected chi connectivity index (χ3v) is 5.86. The number of guanidine groups is 1. The molecule has 2 aromatic carbocycles. The Hall–Kier alpha value is -2.60. The molecule has 5 nitrogen and oxygen atoms in total. The Bertz CT molecular complexity index is 803. The van der Waals surface area contributed by atoms with E-state index in [1.807, 2.05) is 18.2 Å². The summed E-state index contributed by atoms with van der Waals surface area (Å²) in [5.41, 5.74) is 8.59. The zero-order valence-corrected chi connectivity index (χ0v) is 16.7. The minimum Gasteiger partial charge on any atom is -0.373 e. The molecule has 2 aliphatic heterocycles. The molecule has 0 aromatic heterocycles. The van der Waals surface area contributed by atoms with Gasteiger partial charge >= 0.3 is 0 Å². The maximum atomic E-state index is 13.1. The van der Waals surface area contributed by atoms with Crippen LogP contribution in [0.4, 0.5) is 10.1 Å². The Balaban J connectivity index is 1.33. The Labute approximate surface area is 172 Å². The number of rotatable bonds is 4. The smallest absolute Gasteiger partial charge is 0.191 e. The minimum atomic E-state index is -0.204. The summed E-state index contributed by atoms with van der Waals surface area (Å²) in [4.78, 5) is 9.12. The number of aliphatic imine (C=N–C) groups is 1. The molecule has 0 aliphatic carbocycles. The number of anilines is 1. The molecule has 0 spiro atoms. The van der Waals surface area contributed by atoms with Crippen molar-refractivity contribution in [1.82, 2.24) is 4.90 Å². The second-order valence-corrected chi connectivity index (χ2v) is 7.75. The maximum Gasteiger partial charge on any atom is 0.191 e. The molecule has 6 heteroatoms. The molecule has 0 amide bonds. The van der Waals surface area contributed by atoms with E-state index in [1.54, 1.807) is 0 Å². The van der Waals surface area contributed by atoms with Crippen molar-refractivity contribution in [3.63, 3.8) is 0 Å². The Kier molecular flexibility index (Phi) is 6.30. The summed E-state index contributed by atoms with van der Waals surface area (Å²) < 4.78 is 19.2. The van der Waals surface area contributed by atoms with Crippen LogP contribution in [0.3, 0.4) is 0 Å². The van der Waals surface area contributed by atoms with Gasteiger partial charge in [0.15, 0.2) is 5.96 Å². The molecular formula is C23H29FN4O. The standard InChI is InChI=1S/C23H29FN4O/c24-20-8-10-21(11-9-20)27-12-14-28(15-13-27)23(25)26-17-19-7-4-16-29-22(19)18-5-2-1-3-6-18/h1-3,5-6,8-11,19,22H,4,7,12-17H2,(H2,25,26). The fourth-order valence-corrected chi connectivity index (χ4v) is 4.20. The van der Waals surface area contributed by atoms with Crippen LogP contribution < -0.4 is 10.6 Å². The van der Waals surface area contributed by atoms with Gasteiger partial charge in [-0.3, -0.25) is 4.99 Å². The molecule has 29 heavy (non-hydrogen) atoms. The lowest BCUT2D eigenvalue weighted by Gasteiger charge is -2.37. The minimum absolute atomic E-state index is 0.0943. The highest BCUT2D eigenvalue weighted by Crippen LogP contribution is 2.33. The molecule has 2 saturated heterocycles. The molecule has 0 bridgehead atoms. The highest BCUT2D eigenvalue weighted by molar-refractivity contribution is 5.78. The average Bonchev–Trinajstić information content (AvgIpc) is 2.79. The first-order chi connectivity index (χ1) is 14.2. The van der Waals surface area contributed by atoms with Crippen molar-refractivity contribution in [3.05, 3.63) is 66.0 Å². The van der Waals surface area contributed by atoms with Crippen LogP contribution in [-0.4, -0.2) is 50.2 Å². The fraction of sp³-hybridized carbons (Fsp3) is 0.435. The van der Waals surface area contributed by atoms with E-state index in [1.165, 1.54) is 17.7 Å². The number of benzene rings is 2. The van der Waals surface area contributed by atoms with Crippen LogP contribution in [0.1, 0.15) is 24.5 Å². The van der Waals surface area contributed by atoms with Crippen LogP contribution in [0, 0.1) is 11.7 Å². The summed E-state index contributed by atoms with van der Waals surface area (Å²) in [5.74, 6) is 0.760. The molecule has 154 valence electrons. The van der Waals surface area contributed by atoms with Crippen molar-refractivity contribution in [2.75, 3.05) is 44.2 Å². The van der Waals surface area contributed by atoms with Gasteiger partial charge in [0.05, 0.1) is 6.10 Å². The Morgan fingerprint density at radius 3 is 2.48 bits per heavy atom. The zero-order valence-electron chi connectivity index (χ0n) is 16.7. The van der Waals surface area contributed by atoms with Crippen LogP contribution in [0.25, 0.3) is 0 Å². The van der Waals surface area contributed by atoms with Crippen LogP contribution in [0.5, 0.6) is 0 Å². The quantitative estimate of drug-likeness (QED) is 0.636. The first kappa shape index (κ1) is 19.7. The molecule has 2 heterocycles. The summed E-state index contributed by atoms with van der Waals surface area (Å²) in [6.07, 6.45) is 2.27. The molecular weight excluding hydrogens is 367 g/mol. The van der Waals surface area contributed by atoms with E-state index in [4.69, 9.17) is 15.5 Å². The molecule has 2 atom stereocenters. The summed E-state index contributed by atoms with van der Waals surface area (Å²) >= 11 is 0. The number of nitrogens with zero attached hydrogens (tertiary/aromatic N) is 3. The van der Waals surface area contributed by atoms with Gasteiger partial charge in [0.25, 0.3) is 0 Å². The molecule has 2 aliphatic rings. The van der Waals surface area contributed by atoms with E-state index in [9.17, 15) is 4.39 Å². The highest BCUT2D eigenvalue weighted by Gasteiger charge is 2.27. The van der Waals surface area contributed by atoms with Crippen molar-refractivity contribution in [2.45, 2.75) is 18.9 Å². The molecule has 2 unspecified atom stereocenters. The van der Waals surface area contributed by atoms with Crippen LogP contribution in [-0.2, 0) is 4.74 Å². The second kappa shape index (κ2) is 9.27.